The van der Waals surface area contributed by atoms with Crippen molar-refractivity contribution in [2.24, 2.45) is 5.73 Å². The number of benzene rings is 1. The Morgan fingerprint density at radius 1 is 1.04 bits per heavy atom. The van der Waals surface area contributed by atoms with Crippen molar-refractivity contribution in [2.45, 2.75) is 63.8 Å². The number of fused-ring (bicyclic) bond motifs is 3. The number of amides is 1. The summed E-state index contributed by atoms with van der Waals surface area (Å²) in [7, 11) is 0. The standard InChI is InChI=1S/C26H27F2IN7O.C3H7NO2.C3H6/c27-16-10-17(18-13-31-34-20(18)11-16)22-21(28)23-19(12-30-22)24(35-7-3-6-29-15-35)33-25(32-23)37-14-26-4-1-8-36(26)9-2-5-26;1-2-6-3(4)5;1-2-3-1/h10-13H,1-9,14-15H2,(H,31,34);2H2,1H3,(H2,4,5);1-3H2/q-1;;. The predicted octanol–water partition coefficient (Wildman–Crippen LogP) is 2.38. The normalized spacial score (nSPS) is 18.5. The number of primary amides is 1. The first kappa shape index (κ1) is 32.5. The van der Waals surface area contributed by atoms with Gasteiger partial charge in [-0.05, 0) is 6.92 Å². The zero-order valence-corrected chi connectivity index (χ0v) is 28.2. The van der Waals surface area contributed by atoms with E-state index < -0.39 is 17.7 Å². The number of carbonyl (C=O) groups is 1. The van der Waals surface area contributed by atoms with E-state index in [4.69, 9.17) is 9.72 Å². The Balaban J connectivity index is 0.000000362. The summed E-state index contributed by atoms with van der Waals surface area (Å²) in [6, 6.07) is 2.83. The molecule has 1 amide bonds. The molecule has 1 aliphatic carbocycles. The molecule has 3 aliphatic heterocycles. The number of hydrogen-bond acceptors (Lipinski definition) is 9. The maximum absolute atomic E-state index is 16.2. The van der Waals surface area contributed by atoms with Crippen LogP contribution in [0.25, 0.3) is 33.1 Å². The molecule has 3 saturated heterocycles. The number of nitrogens with one attached hydrogen (secondary N) is 1. The van der Waals surface area contributed by atoms with Crippen molar-refractivity contribution in [3.05, 3.63) is 36.2 Å². The molecule has 0 atom stereocenters. The van der Waals surface area contributed by atoms with Crippen LogP contribution < -0.4 is 36.6 Å². The van der Waals surface area contributed by atoms with Gasteiger partial charge in [0.2, 0.25) is 0 Å². The second-order valence-electron chi connectivity index (χ2n) is 11.9. The van der Waals surface area contributed by atoms with Gasteiger partial charge in [-0.15, -0.1) is 0 Å². The Hall–Kier alpha value is -3.40. The number of halogens is 3. The number of aromatic amines is 1. The van der Waals surface area contributed by atoms with E-state index in [0.717, 1.165) is 43.4 Å². The fourth-order valence-corrected chi connectivity index (χ4v) is 8.73. The zero-order valence-electron chi connectivity index (χ0n) is 26.0. The monoisotopic (exact) mass is 749 g/mol. The van der Waals surface area contributed by atoms with Crippen LogP contribution in [0, 0.1) is 11.6 Å². The fraction of sp³-hybridized carbons (Fsp3) is 0.531. The molecule has 1 aromatic carbocycles. The van der Waals surface area contributed by atoms with Gasteiger partial charge in [0.1, 0.15) is 0 Å². The number of carbonyl (C=O) groups excluding carboxylic acids is 1. The molecule has 4 fully saturated rings. The summed E-state index contributed by atoms with van der Waals surface area (Å²) >= 11 is 0.0394. The second-order valence-corrected chi connectivity index (χ2v) is 14.8. The molecule has 0 spiro atoms. The van der Waals surface area contributed by atoms with Crippen LogP contribution in [0.15, 0.2) is 24.5 Å². The molecule has 8 rings (SSSR count). The van der Waals surface area contributed by atoms with Crippen molar-refractivity contribution >= 4 is 33.7 Å². The molecule has 4 aliphatic rings. The van der Waals surface area contributed by atoms with Crippen molar-refractivity contribution in [2.75, 3.05) is 46.7 Å². The maximum atomic E-state index is 16.2. The van der Waals surface area contributed by atoms with E-state index >= 15 is 4.39 Å². The van der Waals surface area contributed by atoms with Gasteiger partial charge in [-0.1, -0.05) is 19.3 Å². The number of aromatic nitrogens is 5. The molecule has 0 unspecified atom stereocenters. The van der Waals surface area contributed by atoms with Gasteiger partial charge in [0, 0.05) is 0 Å². The number of nitrogens with zero attached hydrogens (tertiary/aromatic N) is 6. The minimum absolute atomic E-state index is 0.0332. The SMILES string of the molecule is C1CC1.CCOC(N)=O.Fc1cc(-c2ncc3c(N4CCC[I-]C4)nc(OCC45CCCN4CCC5)nc3c2F)c2cn[nH]c2c1. The molecule has 11 nitrogen and oxygen atoms in total. The number of H-pyrrole nitrogens is 1. The van der Waals surface area contributed by atoms with Crippen molar-refractivity contribution < 1.29 is 44.3 Å². The summed E-state index contributed by atoms with van der Waals surface area (Å²) < 4.78 is 43.3. The summed E-state index contributed by atoms with van der Waals surface area (Å²) in [5.41, 5.74) is 5.59. The van der Waals surface area contributed by atoms with Crippen LogP contribution in [-0.2, 0) is 4.74 Å². The molecule has 1 saturated carbocycles. The van der Waals surface area contributed by atoms with Gasteiger partial charge in [0.15, 0.2) is 0 Å². The molecule has 3 aromatic heterocycles. The third-order valence-corrected chi connectivity index (χ3v) is 11.4. The van der Waals surface area contributed by atoms with Crippen molar-refractivity contribution in [3.63, 3.8) is 0 Å². The summed E-state index contributed by atoms with van der Waals surface area (Å²) in [5, 5.41) is 7.91. The third-order valence-electron chi connectivity index (χ3n) is 8.57. The Morgan fingerprint density at radius 3 is 2.48 bits per heavy atom. The van der Waals surface area contributed by atoms with E-state index in [1.165, 1.54) is 48.7 Å². The van der Waals surface area contributed by atoms with E-state index in [1.54, 1.807) is 19.3 Å². The molecule has 3 N–H and O–H groups in total. The quantitative estimate of drug-likeness (QED) is 0.173. The molecule has 4 aromatic rings. The first-order valence-electron chi connectivity index (χ1n) is 16.0. The molecule has 6 heterocycles. The van der Waals surface area contributed by atoms with E-state index in [-0.39, 0.29) is 44.0 Å². The number of pyridine rings is 1. The number of ether oxygens (including phenoxy) is 2. The fourth-order valence-electron chi connectivity index (χ4n) is 6.26. The summed E-state index contributed by atoms with van der Waals surface area (Å²) in [6.07, 6.45) is 12.6. The number of hydrogen-bond donors (Lipinski definition) is 2. The Labute approximate surface area is 276 Å². The van der Waals surface area contributed by atoms with Crippen molar-refractivity contribution in [1.29, 1.82) is 0 Å². The van der Waals surface area contributed by atoms with Gasteiger partial charge in [-0.2, -0.15) is 0 Å². The van der Waals surface area contributed by atoms with Crippen LogP contribution in [0.4, 0.5) is 19.4 Å². The summed E-state index contributed by atoms with van der Waals surface area (Å²) in [6.45, 7) is 5.63. The topological polar surface area (TPSA) is 135 Å². The molecule has 0 radical (unpaired) electrons. The van der Waals surface area contributed by atoms with Crippen LogP contribution in [0.3, 0.4) is 0 Å². The molecular weight excluding hydrogens is 709 g/mol. The van der Waals surface area contributed by atoms with Gasteiger partial charge < -0.3 is 10.5 Å². The average molecular weight is 750 g/mol. The van der Waals surface area contributed by atoms with Gasteiger partial charge >= 0.3 is 230 Å². The van der Waals surface area contributed by atoms with Gasteiger partial charge in [0.25, 0.3) is 0 Å². The van der Waals surface area contributed by atoms with E-state index in [0.29, 0.717) is 40.9 Å². The number of alkyl halides is 2. The predicted molar refractivity (Wildman–Crippen MR) is 167 cm³/mol. The minimum atomic E-state index is -0.711. The molecule has 248 valence electrons. The van der Waals surface area contributed by atoms with E-state index in [1.807, 2.05) is 0 Å². The number of nitrogens with two attached hydrogens (primary N) is 1. The number of rotatable bonds is 6. The summed E-state index contributed by atoms with van der Waals surface area (Å²) in [4.78, 5) is 28.2. The van der Waals surface area contributed by atoms with Crippen LogP contribution in [0.2, 0.25) is 0 Å². The van der Waals surface area contributed by atoms with E-state index in [2.05, 4.69) is 40.4 Å². The van der Waals surface area contributed by atoms with Crippen LogP contribution >= 0.6 is 0 Å². The van der Waals surface area contributed by atoms with Gasteiger partial charge in [-0.3, -0.25) is 0 Å². The Kier molecular flexibility index (Phi) is 10.3. The Bertz CT molecular complexity index is 1670. The second kappa shape index (κ2) is 14.6. The van der Waals surface area contributed by atoms with Crippen LogP contribution in [-0.4, -0.2) is 83.5 Å². The molecule has 46 heavy (non-hydrogen) atoms. The average Bonchev–Trinajstić information content (AvgIpc) is 3.62. The molecule has 0 bridgehead atoms. The van der Waals surface area contributed by atoms with Gasteiger partial charge in [-0.25, -0.2) is 4.79 Å². The Morgan fingerprint density at radius 2 is 1.83 bits per heavy atom. The van der Waals surface area contributed by atoms with Gasteiger partial charge in [0.05, 0.1) is 6.61 Å². The van der Waals surface area contributed by atoms with Crippen LogP contribution in [0.1, 0.15) is 58.3 Å². The first-order chi connectivity index (χ1) is 22.4. The zero-order chi connectivity index (χ0) is 32.1. The summed E-state index contributed by atoms with van der Waals surface area (Å²) in [5.74, 6) is -0.417. The van der Waals surface area contributed by atoms with Crippen molar-refractivity contribution in [1.82, 2.24) is 30.0 Å². The number of anilines is 1. The first-order valence-corrected chi connectivity index (χ1v) is 19.0. The third kappa shape index (κ3) is 7.27. The molecule has 14 heteroatoms. The van der Waals surface area contributed by atoms with Crippen molar-refractivity contribution in [3.8, 4) is 17.3 Å². The molecular formula is C32H40F2IN8O3-. The van der Waals surface area contributed by atoms with E-state index in [9.17, 15) is 9.18 Å². The van der Waals surface area contributed by atoms with Crippen LogP contribution in [0.5, 0.6) is 6.01 Å².